The van der Waals surface area contributed by atoms with Gasteiger partial charge in [-0.2, -0.15) is 0 Å². The van der Waals surface area contributed by atoms with Gasteiger partial charge < -0.3 is 14.4 Å². The first kappa shape index (κ1) is 16.4. The van der Waals surface area contributed by atoms with Crippen LogP contribution in [0.5, 0.6) is 5.75 Å². The van der Waals surface area contributed by atoms with Gasteiger partial charge in [0.25, 0.3) is 5.91 Å². The van der Waals surface area contributed by atoms with Crippen LogP contribution < -0.4 is 4.74 Å². The Morgan fingerprint density at radius 1 is 1.12 bits per heavy atom. The highest BCUT2D eigenvalue weighted by Gasteiger charge is 2.38. The van der Waals surface area contributed by atoms with Crippen molar-refractivity contribution in [2.24, 2.45) is 0 Å². The van der Waals surface area contributed by atoms with Gasteiger partial charge in [-0.05, 0) is 23.8 Å². The second kappa shape index (κ2) is 6.71. The summed E-state index contributed by atoms with van der Waals surface area (Å²) in [5, 5.41) is 0. The molecule has 0 bridgehead atoms. The van der Waals surface area contributed by atoms with Crippen molar-refractivity contribution in [1.29, 1.82) is 0 Å². The summed E-state index contributed by atoms with van der Waals surface area (Å²) in [5.41, 5.74) is 2.63. The van der Waals surface area contributed by atoms with Crippen molar-refractivity contribution in [1.82, 2.24) is 9.80 Å². The lowest BCUT2D eigenvalue weighted by atomic mass is 10.0. The number of benzene rings is 2. The van der Waals surface area contributed by atoms with Gasteiger partial charge in [-0.25, -0.2) is 4.79 Å². The average Bonchev–Trinajstić information content (AvgIpc) is 3.08. The van der Waals surface area contributed by atoms with E-state index in [2.05, 4.69) is 0 Å². The maximum Gasteiger partial charge on any atom is 0.410 e. The quantitative estimate of drug-likeness (QED) is 0.852. The Morgan fingerprint density at radius 2 is 1.88 bits per heavy atom. The van der Waals surface area contributed by atoms with Crippen LogP contribution in [0.2, 0.25) is 0 Å². The monoisotopic (exact) mass is 352 g/mol. The molecular weight excluding hydrogens is 332 g/mol. The summed E-state index contributed by atoms with van der Waals surface area (Å²) < 4.78 is 10.5. The first-order chi connectivity index (χ1) is 12.7. The van der Waals surface area contributed by atoms with Gasteiger partial charge in [0.2, 0.25) is 0 Å². The number of cyclic esters (lactones) is 1. The normalized spacial score (nSPS) is 19.1. The van der Waals surface area contributed by atoms with Crippen LogP contribution in [0.25, 0.3) is 11.1 Å². The summed E-state index contributed by atoms with van der Waals surface area (Å²) in [6, 6.07) is 15.3. The molecule has 0 aliphatic carbocycles. The second-order valence-corrected chi connectivity index (χ2v) is 6.45. The lowest BCUT2D eigenvalue weighted by Crippen LogP contribution is -2.53. The minimum atomic E-state index is -0.275. The van der Waals surface area contributed by atoms with Crippen LogP contribution in [0.15, 0.2) is 48.5 Å². The molecule has 6 nitrogen and oxygen atoms in total. The molecular formula is C20H20N2O4. The van der Waals surface area contributed by atoms with E-state index in [4.69, 9.17) is 9.47 Å². The fraction of sp³-hybridized carbons (Fsp3) is 0.300. The van der Waals surface area contributed by atoms with Gasteiger partial charge in [-0.1, -0.05) is 30.3 Å². The number of nitrogens with zero attached hydrogens (tertiary/aromatic N) is 2. The molecule has 26 heavy (non-hydrogen) atoms. The van der Waals surface area contributed by atoms with Crippen LogP contribution >= 0.6 is 0 Å². The SMILES string of the molecule is COc1ccccc1-c1ccc(C(=O)N2CCN3C(=O)OCC3C2)cc1. The molecule has 0 aromatic heterocycles. The highest BCUT2D eigenvalue weighted by atomic mass is 16.6. The fourth-order valence-corrected chi connectivity index (χ4v) is 3.53. The van der Waals surface area contributed by atoms with Crippen LogP contribution in [0.4, 0.5) is 4.79 Å². The van der Waals surface area contributed by atoms with Crippen molar-refractivity contribution in [2.45, 2.75) is 6.04 Å². The maximum atomic E-state index is 12.8. The third-order valence-electron chi connectivity index (χ3n) is 4.95. The van der Waals surface area contributed by atoms with Gasteiger partial charge in [0, 0.05) is 30.8 Å². The molecule has 2 heterocycles. The van der Waals surface area contributed by atoms with E-state index in [1.54, 1.807) is 16.9 Å². The number of amides is 2. The van der Waals surface area contributed by atoms with E-state index < -0.39 is 0 Å². The molecule has 1 unspecified atom stereocenters. The van der Waals surface area contributed by atoms with Crippen LogP contribution in [-0.4, -0.2) is 61.2 Å². The fourth-order valence-electron chi connectivity index (χ4n) is 3.53. The predicted octanol–water partition coefficient (Wildman–Crippen LogP) is 2.64. The van der Waals surface area contributed by atoms with Gasteiger partial charge in [0.15, 0.2) is 0 Å². The summed E-state index contributed by atoms with van der Waals surface area (Å²) in [7, 11) is 1.65. The zero-order valence-corrected chi connectivity index (χ0v) is 14.6. The lowest BCUT2D eigenvalue weighted by molar-refractivity contribution is 0.0617. The molecule has 2 aromatic rings. The molecule has 4 rings (SSSR count). The van der Waals surface area contributed by atoms with Crippen LogP contribution in [0.3, 0.4) is 0 Å². The van der Waals surface area contributed by atoms with E-state index in [-0.39, 0.29) is 18.0 Å². The van der Waals surface area contributed by atoms with Crippen molar-refractivity contribution in [3.05, 3.63) is 54.1 Å². The summed E-state index contributed by atoms with van der Waals surface area (Å²) in [5.74, 6) is 0.782. The minimum Gasteiger partial charge on any atom is -0.496 e. The maximum absolute atomic E-state index is 12.8. The Morgan fingerprint density at radius 3 is 2.65 bits per heavy atom. The predicted molar refractivity (Wildman–Crippen MR) is 96.2 cm³/mol. The molecule has 134 valence electrons. The third kappa shape index (κ3) is 2.87. The van der Waals surface area contributed by atoms with Crippen molar-refractivity contribution >= 4 is 12.0 Å². The topological polar surface area (TPSA) is 59.1 Å². The zero-order chi connectivity index (χ0) is 18.1. The van der Waals surface area contributed by atoms with E-state index in [0.717, 1.165) is 16.9 Å². The molecule has 2 aliphatic rings. The van der Waals surface area contributed by atoms with Crippen LogP contribution in [0, 0.1) is 0 Å². The largest absolute Gasteiger partial charge is 0.496 e. The van der Waals surface area contributed by atoms with E-state index in [1.807, 2.05) is 48.5 Å². The van der Waals surface area contributed by atoms with Gasteiger partial charge in [-0.15, -0.1) is 0 Å². The number of piperazine rings is 1. The third-order valence-corrected chi connectivity index (χ3v) is 4.95. The molecule has 6 heteroatoms. The Balaban J connectivity index is 1.50. The smallest absolute Gasteiger partial charge is 0.410 e. The molecule has 0 spiro atoms. The van der Waals surface area contributed by atoms with Gasteiger partial charge in [0.05, 0.1) is 13.2 Å². The van der Waals surface area contributed by atoms with E-state index >= 15 is 0 Å². The van der Waals surface area contributed by atoms with Crippen molar-refractivity contribution in [3.8, 4) is 16.9 Å². The van der Waals surface area contributed by atoms with Gasteiger partial charge in [0.1, 0.15) is 12.4 Å². The number of hydrogen-bond donors (Lipinski definition) is 0. The Bertz CT molecular complexity index is 834. The summed E-state index contributed by atoms with van der Waals surface area (Å²) in [6.07, 6.45) is -0.275. The van der Waals surface area contributed by atoms with E-state index in [1.165, 1.54) is 0 Å². The molecule has 1 atom stereocenters. The standard InChI is InChI=1S/C20H20N2O4/c1-25-18-5-3-2-4-17(18)14-6-8-15(9-7-14)19(23)21-10-11-22-16(12-21)13-26-20(22)24/h2-9,16H,10-13H2,1H3. The van der Waals surface area contributed by atoms with E-state index in [0.29, 0.717) is 31.8 Å². The van der Waals surface area contributed by atoms with E-state index in [9.17, 15) is 9.59 Å². The Kier molecular flexibility index (Phi) is 4.24. The van der Waals surface area contributed by atoms with Gasteiger partial charge in [-0.3, -0.25) is 9.69 Å². The first-order valence-electron chi connectivity index (χ1n) is 8.63. The molecule has 0 N–H and O–H groups in total. The number of methoxy groups -OCH3 is 1. The average molecular weight is 352 g/mol. The molecule has 0 saturated carbocycles. The summed E-state index contributed by atoms with van der Waals surface area (Å²) in [4.78, 5) is 27.9. The first-order valence-corrected chi connectivity index (χ1v) is 8.63. The molecule has 2 fully saturated rings. The Labute approximate surface area is 151 Å². The van der Waals surface area contributed by atoms with Crippen molar-refractivity contribution in [2.75, 3.05) is 33.4 Å². The lowest BCUT2D eigenvalue weighted by Gasteiger charge is -2.35. The molecule has 0 radical (unpaired) electrons. The molecule has 2 aliphatic heterocycles. The molecule has 2 amide bonds. The van der Waals surface area contributed by atoms with Crippen molar-refractivity contribution in [3.63, 3.8) is 0 Å². The number of para-hydroxylation sites is 1. The second-order valence-electron chi connectivity index (χ2n) is 6.45. The summed E-state index contributed by atoms with van der Waals surface area (Å²) >= 11 is 0. The number of ether oxygens (including phenoxy) is 2. The number of hydrogen-bond acceptors (Lipinski definition) is 4. The number of rotatable bonds is 3. The number of carbonyl (C=O) groups excluding carboxylic acids is 2. The van der Waals surface area contributed by atoms with Crippen LogP contribution in [-0.2, 0) is 4.74 Å². The summed E-state index contributed by atoms with van der Waals surface area (Å²) in [6.45, 7) is 1.92. The van der Waals surface area contributed by atoms with Crippen LogP contribution in [0.1, 0.15) is 10.4 Å². The number of carbonyl (C=O) groups is 2. The number of fused-ring (bicyclic) bond motifs is 1. The highest BCUT2D eigenvalue weighted by molar-refractivity contribution is 5.95. The minimum absolute atomic E-state index is 0.0180. The zero-order valence-electron chi connectivity index (χ0n) is 14.6. The highest BCUT2D eigenvalue weighted by Crippen LogP contribution is 2.30. The molecule has 2 saturated heterocycles. The Hall–Kier alpha value is -3.02. The van der Waals surface area contributed by atoms with Gasteiger partial charge >= 0.3 is 6.09 Å². The molecule has 2 aromatic carbocycles. The van der Waals surface area contributed by atoms with Crippen molar-refractivity contribution < 1.29 is 19.1 Å².